The van der Waals surface area contributed by atoms with Crippen molar-refractivity contribution in [3.8, 4) is 0 Å². The summed E-state index contributed by atoms with van der Waals surface area (Å²) in [6.45, 7) is 1.81. The number of benzene rings is 2. The van der Waals surface area contributed by atoms with E-state index in [0.29, 0.717) is 21.8 Å². The predicted molar refractivity (Wildman–Crippen MR) is 94.8 cm³/mol. The standard InChI is InChI=1S/C19H16ClFN2O2/c1-11-16(20)3-2-4-17(11)23-19(25)15-10-22-18(24)9-14(15)12-5-7-13(21)8-6-12/h2-8,10,14H,9H2,1H3,(H,22,24)(H,23,25)/t14-/m0/s1. The van der Waals surface area contributed by atoms with E-state index in [1.807, 2.05) is 6.92 Å². The molecule has 6 heteroatoms. The lowest BCUT2D eigenvalue weighted by Gasteiger charge is -2.24. The van der Waals surface area contributed by atoms with Crippen LogP contribution in [0.4, 0.5) is 10.1 Å². The molecule has 0 spiro atoms. The quantitative estimate of drug-likeness (QED) is 0.873. The summed E-state index contributed by atoms with van der Waals surface area (Å²) < 4.78 is 13.2. The first-order chi connectivity index (χ1) is 12.0. The number of hydrogen-bond donors (Lipinski definition) is 2. The van der Waals surface area contributed by atoms with Crippen molar-refractivity contribution in [1.29, 1.82) is 0 Å². The molecule has 2 aromatic rings. The van der Waals surface area contributed by atoms with Gasteiger partial charge in [-0.05, 0) is 42.3 Å². The molecule has 1 heterocycles. The fourth-order valence-corrected chi connectivity index (χ4v) is 2.94. The molecule has 0 radical (unpaired) electrons. The number of halogens is 2. The van der Waals surface area contributed by atoms with Crippen molar-refractivity contribution in [2.75, 3.05) is 5.32 Å². The maximum absolute atomic E-state index is 13.2. The second kappa shape index (κ2) is 7.07. The van der Waals surface area contributed by atoms with Crippen LogP contribution >= 0.6 is 11.6 Å². The van der Waals surface area contributed by atoms with Crippen LogP contribution in [0.15, 0.2) is 54.2 Å². The van der Waals surface area contributed by atoms with E-state index in [0.717, 1.165) is 5.56 Å². The molecule has 1 aliphatic heterocycles. The Morgan fingerprint density at radius 3 is 2.68 bits per heavy atom. The number of hydrogen-bond acceptors (Lipinski definition) is 2. The Bertz CT molecular complexity index is 862. The lowest BCUT2D eigenvalue weighted by atomic mass is 9.86. The van der Waals surface area contributed by atoms with Gasteiger partial charge in [-0.3, -0.25) is 9.59 Å². The van der Waals surface area contributed by atoms with Crippen molar-refractivity contribution in [2.45, 2.75) is 19.3 Å². The third kappa shape index (κ3) is 3.72. The molecule has 128 valence electrons. The van der Waals surface area contributed by atoms with E-state index >= 15 is 0 Å². The van der Waals surface area contributed by atoms with Gasteiger partial charge >= 0.3 is 0 Å². The van der Waals surface area contributed by atoms with Crippen molar-refractivity contribution in [2.24, 2.45) is 0 Å². The summed E-state index contributed by atoms with van der Waals surface area (Å²) in [5, 5.41) is 5.96. The van der Waals surface area contributed by atoms with Gasteiger partial charge in [0, 0.05) is 34.8 Å². The van der Waals surface area contributed by atoms with Gasteiger partial charge in [-0.15, -0.1) is 0 Å². The monoisotopic (exact) mass is 358 g/mol. The van der Waals surface area contributed by atoms with E-state index in [2.05, 4.69) is 10.6 Å². The number of rotatable bonds is 3. The zero-order chi connectivity index (χ0) is 18.0. The number of anilines is 1. The van der Waals surface area contributed by atoms with Gasteiger partial charge in [-0.1, -0.05) is 29.8 Å². The maximum Gasteiger partial charge on any atom is 0.253 e. The largest absolute Gasteiger partial charge is 0.332 e. The van der Waals surface area contributed by atoms with Crippen LogP contribution in [0.3, 0.4) is 0 Å². The lowest BCUT2D eigenvalue weighted by Crippen LogP contribution is -2.32. The van der Waals surface area contributed by atoms with Crippen molar-refractivity contribution in [3.05, 3.63) is 76.2 Å². The Morgan fingerprint density at radius 1 is 1.24 bits per heavy atom. The molecule has 1 atom stereocenters. The second-order valence-electron chi connectivity index (χ2n) is 5.84. The molecule has 0 unspecified atom stereocenters. The zero-order valence-corrected chi connectivity index (χ0v) is 14.2. The van der Waals surface area contributed by atoms with Crippen molar-refractivity contribution >= 4 is 29.1 Å². The lowest BCUT2D eigenvalue weighted by molar-refractivity contribution is -0.121. The fourth-order valence-electron chi connectivity index (χ4n) is 2.77. The van der Waals surface area contributed by atoms with Crippen LogP contribution in [0.25, 0.3) is 0 Å². The minimum absolute atomic E-state index is 0.124. The number of carbonyl (C=O) groups is 2. The minimum Gasteiger partial charge on any atom is -0.332 e. The molecule has 25 heavy (non-hydrogen) atoms. The molecule has 0 saturated heterocycles. The van der Waals surface area contributed by atoms with Crippen LogP contribution in [-0.2, 0) is 9.59 Å². The van der Waals surface area contributed by atoms with Gasteiger partial charge in [0.2, 0.25) is 5.91 Å². The van der Waals surface area contributed by atoms with E-state index in [1.54, 1.807) is 30.3 Å². The zero-order valence-electron chi connectivity index (χ0n) is 13.5. The van der Waals surface area contributed by atoms with Crippen LogP contribution < -0.4 is 10.6 Å². The first-order valence-electron chi connectivity index (χ1n) is 7.77. The van der Waals surface area contributed by atoms with Gasteiger partial charge in [-0.25, -0.2) is 4.39 Å². The Kier molecular flexibility index (Phi) is 4.86. The summed E-state index contributed by atoms with van der Waals surface area (Å²) in [6.07, 6.45) is 1.54. The molecule has 0 aromatic heterocycles. The van der Waals surface area contributed by atoms with E-state index in [4.69, 9.17) is 11.6 Å². The SMILES string of the molecule is Cc1c(Cl)cccc1NC(=O)C1=CNC(=O)C[C@H]1c1ccc(F)cc1. The predicted octanol–water partition coefficient (Wildman–Crippen LogP) is 3.91. The third-order valence-electron chi connectivity index (χ3n) is 4.20. The normalized spacial score (nSPS) is 16.8. The molecule has 2 amide bonds. The van der Waals surface area contributed by atoms with Gasteiger partial charge in [0.15, 0.2) is 0 Å². The van der Waals surface area contributed by atoms with Crippen LogP contribution in [0.2, 0.25) is 5.02 Å². The van der Waals surface area contributed by atoms with Crippen LogP contribution in [0.1, 0.15) is 23.5 Å². The van der Waals surface area contributed by atoms with E-state index < -0.39 is 5.92 Å². The molecule has 1 aliphatic rings. The molecule has 0 bridgehead atoms. The Balaban J connectivity index is 1.89. The Labute approximate surface area is 149 Å². The highest BCUT2D eigenvalue weighted by Crippen LogP contribution is 2.32. The third-order valence-corrected chi connectivity index (χ3v) is 4.61. The number of amides is 2. The molecule has 0 saturated carbocycles. The van der Waals surface area contributed by atoms with Crippen molar-refractivity contribution in [1.82, 2.24) is 5.32 Å². The highest BCUT2D eigenvalue weighted by molar-refractivity contribution is 6.31. The summed E-state index contributed by atoms with van der Waals surface area (Å²) in [7, 11) is 0. The highest BCUT2D eigenvalue weighted by atomic mass is 35.5. The average molecular weight is 359 g/mol. The van der Waals surface area contributed by atoms with E-state index in [1.165, 1.54) is 18.3 Å². The number of carbonyl (C=O) groups excluding carboxylic acids is 2. The molecule has 3 rings (SSSR count). The Morgan fingerprint density at radius 2 is 1.96 bits per heavy atom. The van der Waals surface area contributed by atoms with Crippen molar-refractivity contribution in [3.63, 3.8) is 0 Å². The number of nitrogens with one attached hydrogen (secondary N) is 2. The smallest absolute Gasteiger partial charge is 0.253 e. The van der Waals surface area contributed by atoms with Gasteiger partial charge in [-0.2, -0.15) is 0 Å². The first kappa shape index (κ1) is 17.2. The topological polar surface area (TPSA) is 58.2 Å². The van der Waals surface area contributed by atoms with Gasteiger partial charge in [0.1, 0.15) is 5.82 Å². The fraction of sp³-hybridized carbons (Fsp3) is 0.158. The summed E-state index contributed by atoms with van der Waals surface area (Å²) in [5.41, 5.74) is 2.48. The molecule has 4 nitrogen and oxygen atoms in total. The van der Waals surface area contributed by atoms with Crippen LogP contribution in [0.5, 0.6) is 0 Å². The van der Waals surface area contributed by atoms with Gasteiger partial charge in [0.25, 0.3) is 5.91 Å². The van der Waals surface area contributed by atoms with Crippen LogP contribution in [-0.4, -0.2) is 11.8 Å². The summed E-state index contributed by atoms with van der Waals surface area (Å²) in [6, 6.07) is 11.1. The van der Waals surface area contributed by atoms with E-state index in [9.17, 15) is 14.0 Å². The Hall–Kier alpha value is -2.66. The average Bonchev–Trinajstić information content (AvgIpc) is 2.59. The summed E-state index contributed by atoms with van der Waals surface area (Å²) in [5.74, 6) is -1.33. The summed E-state index contributed by atoms with van der Waals surface area (Å²) >= 11 is 6.08. The minimum atomic E-state index is -0.436. The first-order valence-corrected chi connectivity index (χ1v) is 8.15. The molecule has 2 aromatic carbocycles. The molecular weight excluding hydrogens is 343 g/mol. The molecule has 0 fully saturated rings. The molecule has 2 N–H and O–H groups in total. The van der Waals surface area contributed by atoms with Gasteiger partial charge in [0.05, 0.1) is 0 Å². The molecular formula is C19H16ClFN2O2. The van der Waals surface area contributed by atoms with Crippen LogP contribution in [0, 0.1) is 12.7 Å². The van der Waals surface area contributed by atoms with Gasteiger partial charge < -0.3 is 10.6 Å². The maximum atomic E-state index is 13.2. The highest BCUT2D eigenvalue weighted by Gasteiger charge is 2.29. The molecule has 0 aliphatic carbocycles. The second-order valence-corrected chi connectivity index (χ2v) is 6.25. The van der Waals surface area contributed by atoms with Crippen molar-refractivity contribution < 1.29 is 14.0 Å². The van der Waals surface area contributed by atoms with E-state index in [-0.39, 0.29) is 24.1 Å². The summed E-state index contributed by atoms with van der Waals surface area (Å²) in [4.78, 5) is 24.5.